The molecule has 0 N–H and O–H groups in total. The summed E-state index contributed by atoms with van der Waals surface area (Å²) in [6.45, 7) is 5.40. The molecule has 0 aromatic heterocycles. The first-order chi connectivity index (χ1) is 10.2. The second kappa shape index (κ2) is 7.29. The maximum Gasteiger partial charge on any atom is 0.330 e. The molecular formula is C18H18O3. The second-order valence-corrected chi connectivity index (χ2v) is 4.66. The Balaban J connectivity index is 2.01. The summed E-state index contributed by atoms with van der Waals surface area (Å²) < 4.78 is 10.7. The third-order valence-corrected chi connectivity index (χ3v) is 2.91. The monoisotopic (exact) mass is 282 g/mol. The van der Waals surface area contributed by atoms with Gasteiger partial charge in [-0.25, -0.2) is 4.79 Å². The third kappa shape index (κ3) is 4.49. The van der Waals surface area contributed by atoms with Crippen molar-refractivity contribution in [1.29, 1.82) is 0 Å². The number of hydrogen-bond acceptors (Lipinski definition) is 3. The minimum atomic E-state index is -0.441. The fourth-order valence-corrected chi connectivity index (χ4v) is 1.90. The minimum Gasteiger partial charge on any atom is -0.487 e. The van der Waals surface area contributed by atoms with Crippen LogP contribution in [-0.2, 0) is 9.53 Å². The van der Waals surface area contributed by atoms with Gasteiger partial charge in [0.1, 0.15) is 18.5 Å². The van der Waals surface area contributed by atoms with Gasteiger partial charge in [0, 0.05) is 6.08 Å². The quantitative estimate of drug-likeness (QED) is 0.596. The maximum atomic E-state index is 11.0. The zero-order valence-corrected chi connectivity index (χ0v) is 12.0. The molecule has 0 bridgehead atoms. The van der Waals surface area contributed by atoms with E-state index >= 15 is 0 Å². The van der Waals surface area contributed by atoms with Crippen LogP contribution < -0.4 is 4.74 Å². The van der Waals surface area contributed by atoms with Crippen molar-refractivity contribution in [2.75, 3.05) is 6.61 Å². The van der Waals surface area contributed by atoms with Crippen molar-refractivity contribution in [1.82, 2.24) is 0 Å². The molecule has 0 saturated heterocycles. The third-order valence-electron chi connectivity index (χ3n) is 2.91. The Hall–Kier alpha value is -2.55. The summed E-state index contributed by atoms with van der Waals surface area (Å²) in [5, 5.41) is 0. The van der Waals surface area contributed by atoms with Gasteiger partial charge in [0.05, 0.1) is 0 Å². The molecule has 0 aliphatic rings. The molecule has 3 heteroatoms. The van der Waals surface area contributed by atoms with Crippen LogP contribution in [0.3, 0.4) is 0 Å². The summed E-state index contributed by atoms with van der Waals surface area (Å²) in [5.41, 5.74) is 2.22. The van der Waals surface area contributed by atoms with Crippen LogP contribution in [0.2, 0.25) is 0 Å². The molecule has 0 fully saturated rings. The number of carbonyl (C=O) groups excluding carboxylic acids is 1. The van der Waals surface area contributed by atoms with E-state index in [4.69, 9.17) is 9.47 Å². The highest BCUT2D eigenvalue weighted by molar-refractivity contribution is 5.81. The molecule has 0 aliphatic heterocycles. The van der Waals surface area contributed by atoms with E-state index in [9.17, 15) is 4.79 Å². The van der Waals surface area contributed by atoms with E-state index < -0.39 is 5.97 Å². The van der Waals surface area contributed by atoms with Crippen molar-refractivity contribution in [3.05, 3.63) is 67.3 Å². The highest BCUT2D eigenvalue weighted by atomic mass is 16.6. The standard InChI is InChI=1S/C18H18O3/c1-3-18(19)20-13-14(2)21-17-11-7-10-16(12-17)15-8-5-4-6-9-15/h3-12,14H,1,13H2,2H3. The zero-order chi connectivity index (χ0) is 15.1. The average molecular weight is 282 g/mol. The maximum absolute atomic E-state index is 11.0. The molecule has 108 valence electrons. The smallest absolute Gasteiger partial charge is 0.330 e. The van der Waals surface area contributed by atoms with Gasteiger partial charge in [-0.3, -0.25) is 0 Å². The van der Waals surface area contributed by atoms with Gasteiger partial charge in [-0.05, 0) is 30.2 Å². The highest BCUT2D eigenvalue weighted by Crippen LogP contribution is 2.24. The fourth-order valence-electron chi connectivity index (χ4n) is 1.90. The van der Waals surface area contributed by atoms with Crippen LogP contribution in [-0.4, -0.2) is 18.7 Å². The molecule has 3 nitrogen and oxygen atoms in total. The van der Waals surface area contributed by atoms with Crippen LogP contribution in [0.4, 0.5) is 0 Å². The van der Waals surface area contributed by atoms with Gasteiger partial charge in [0.25, 0.3) is 0 Å². The Kier molecular flexibility index (Phi) is 5.16. The number of ether oxygens (including phenoxy) is 2. The number of rotatable bonds is 6. The lowest BCUT2D eigenvalue weighted by molar-refractivity contribution is -0.139. The van der Waals surface area contributed by atoms with E-state index in [-0.39, 0.29) is 12.7 Å². The molecule has 2 aromatic carbocycles. The largest absolute Gasteiger partial charge is 0.487 e. The van der Waals surface area contributed by atoms with Crippen molar-refractivity contribution in [2.45, 2.75) is 13.0 Å². The predicted octanol–water partition coefficient (Wildman–Crippen LogP) is 3.85. The molecule has 0 radical (unpaired) electrons. The number of esters is 1. The molecule has 21 heavy (non-hydrogen) atoms. The van der Waals surface area contributed by atoms with Crippen LogP contribution in [0.15, 0.2) is 67.3 Å². The van der Waals surface area contributed by atoms with Crippen molar-refractivity contribution >= 4 is 5.97 Å². The minimum absolute atomic E-state index is 0.195. The first-order valence-electron chi connectivity index (χ1n) is 6.80. The van der Waals surface area contributed by atoms with Crippen LogP contribution in [0.25, 0.3) is 11.1 Å². The van der Waals surface area contributed by atoms with E-state index in [1.165, 1.54) is 0 Å². The first kappa shape index (κ1) is 14.9. The molecule has 0 aliphatic carbocycles. The Bertz CT molecular complexity index is 605. The van der Waals surface area contributed by atoms with Gasteiger partial charge in [0.15, 0.2) is 0 Å². The van der Waals surface area contributed by atoms with Gasteiger partial charge in [-0.15, -0.1) is 0 Å². The number of carbonyl (C=O) groups is 1. The molecule has 0 heterocycles. The van der Waals surface area contributed by atoms with Crippen LogP contribution in [0, 0.1) is 0 Å². The van der Waals surface area contributed by atoms with Crippen molar-refractivity contribution < 1.29 is 14.3 Å². The summed E-state index contributed by atoms with van der Waals surface area (Å²) in [4.78, 5) is 11.0. The summed E-state index contributed by atoms with van der Waals surface area (Å²) >= 11 is 0. The lowest BCUT2D eigenvalue weighted by Crippen LogP contribution is -2.20. The van der Waals surface area contributed by atoms with Crippen molar-refractivity contribution in [3.63, 3.8) is 0 Å². The van der Waals surface area contributed by atoms with E-state index in [0.717, 1.165) is 23.0 Å². The molecular weight excluding hydrogens is 264 g/mol. The number of hydrogen-bond donors (Lipinski definition) is 0. The Morgan fingerprint density at radius 3 is 2.57 bits per heavy atom. The fraction of sp³-hybridized carbons (Fsp3) is 0.167. The normalized spacial score (nSPS) is 11.5. The Morgan fingerprint density at radius 2 is 1.86 bits per heavy atom. The van der Waals surface area contributed by atoms with E-state index in [1.54, 1.807) is 0 Å². The Labute approximate surface area is 124 Å². The van der Waals surface area contributed by atoms with Gasteiger partial charge < -0.3 is 9.47 Å². The summed E-state index contributed by atoms with van der Waals surface area (Å²) in [6, 6.07) is 17.9. The molecule has 0 spiro atoms. The second-order valence-electron chi connectivity index (χ2n) is 4.66. The highest BCUT2D eigenvalue weighted by Gasteiger charge is 2.07. The average Bonchev–Trinajstić information content (AvgIpc) is 2.53. The van der Waals surface area contributed by atoms with Gasteiger partial charge in [-0.1, -0.05) is 49.0 Å². The van der Waals surface area contributed by atoms with Gasteiger partial charge in [0.2, 0.25) is 0 Å². The van der Waals surface area contributed by atoms with Crippen LogP contribution >= 0.6 is 0 Å². The van der Waals surface area contributed by atoms with Gasteiger partial charge in [-0.2, -0.15) is 0 Å². The molecule has 0 amide bonds. The zero-order valence-electron chi connectivity index (χ0n) is 12.0. The molecule has 1 unspecified atom stereocenters. The van der Waals surface area contributed by atoms with E-state index in [0.29, 0.717) is 0 Å². The van der Waals surface area contributed by atoms with Crippen molar-refractivity contribution in [2.24, 2.45) is 0 Å². The first-order valence-corrected chi connectivity index (χ1v) is 6.80. The lowest BCUT2D eigenvalue weighted by Gasteiger charge is -2.15. The van der Waals surface area contributed by atoms with Crippen molar-refractivity contribution in [3.8, 4) is 16.9 Å². The van der Waals surface area contributed by atoms with E-state index in [1.807, 2.05) is 49.4 Å². The van der Waals surface area contributed by atoms with Crippen LogP contribution in [0.5, 0.6) is 5.75 Å². The SMILES string of the molecule is C=CC(=O)OCC(C)Oc1cccc(-c2ccccc2)c1. The van der Waals surface area contributed by atoms with E-state index in [2.05, 4.69) is 18.7 Å². The topological polar surface area (TPSA) is 35.5 Å². The summed E-state index contributed by atoms with van der Waals surface area (Å²) in [6.07, 6.45) is 0.919. The lowest BCUT2D eigenvalue weighted by atomic mass is 10.1. The van der Waals surface area contributed by atoms with Crippen LogP contribution in [0.1, 0.15) is 6.92 Å². The number of benzene rings is 2. The molecule has 2 rings (SSSR count). The summed E-state index contributed by atoms with van der Waals surface area (Å²) in [5.74, 6) is 0.307. The molecule has 2 aromatic rings. The summed E-state index contributed by atoms with van der Waals surface area (Å²) in [7, 11) is 0. The molecule has 1 atom stereocenters. The van der Waals surface area contributed by atoms with Gasteiger partial charge >= 0.3 is 5.97 Å². The Morgan fingerprint density at radius 1 is 1.14 bits per heavy atom. The molecule has 0 saturated carbocycles. The predicted molar refractivity (Wildman–Crippen MR) is 83.1 cm³/mol.